The van der Waals surface area contributed by atoms with E-state index in [1.807, 2.05) is 13.8 Å². The lowest BCUT2D eigenvalue weighted by Crippen LogP contribution is -2.34. The zero-order valence-corrected chi connectivity index (χ0v) is 14.5. The van der Waals surface area contributed by atoms with E-state index in [1.165, 1.54) is 18.2 Å². The van der Waals surface area contributed by atoms with Gasteiger partial charge in [-0.25, -0.2) is 13.1 Å². The Morgan fingerprint density at radius 1 is 1.30 bits per heavy atom. The third-order valence-electron chi connectivity index (χ3n) is 2.96. The molecular weight excluding hydrogens is 316 g/mol. The van der Waals surface area contributed by atoms with Gasteiger partial charge in [-0.05, 0) is 37.1 Å². The highest BCUT2D eigenvalue weighted by Gasteiger charge is 2.12. The fourth-order valence-electron chi connectivity index (χ4n) is 1.83. The van der Waals surface area contributed by atoms with E-state index >= 15 is 0 Å². The van der Waals surface area contributed by atoms with Crippen LogP contribution >= 0.6 is 0 Å². The van der Waals surface area contributed by atoms with Gasteiger partial charge in [-0.3, -0.25) is 4.79 Å². The first-order valence-electron chi connectivity index (χ1n) is 7.46. The van der Waals surface area contributed by atoms with Crippen molar-refractivity contribution >= 4 is 22.0 Å². The second kappa shape index (κ2) is 9.44. The van der Waals surface area contributed by atoms with Crippen LogP contribution in [-0.4, -0.2) is 40.6 Å². The highest BCUT2D eigenvalue weighted by atomic mass is 32.2. The SMILES string of the molecule is CCCNS(=O)(=O)c1ccc(/C=C/C(=O)NC(C)COC)cc1. The molecule has 1 atom stereocenters. The Hall–Kier alpha value is -1.70. The maximum Gasteiger partial charge on any atom is 0.244 e. The number of benzene rings is 1. The van der Waals surface area contributed by atoms with E-state index in [1.54, 1.807) is 25.3 Å². The predicted molar refractivity (Wildman–Crippen MR) is 90.4 cm³/mol. The van der Waals surface area contributed by atoms with Crippen LogP contribution < -0.4 is 10.0 Å². The van der Waals surface area contributed by atoms with Crippen LogP contribution in [0.5, 0.6) is 0 Å². The molecule has 23 heavy (non-hydrogen) atoms. The van der Waals surface area contributed by atoms with E-state index < -0.39 is 10.0 Å². The minimum absolute atomic E-state index is 0.0747. The van der Waals surface area contributed by atoms with Crippen LogP contribution in [0.2, 0.25) is 0 Å². The van der Waals surface area contributed by atoms with E-state index in [4.69, 9.17) is 4.74 Å². The van der Waals surface area contributed by atoms with E-state index in [0.29, 0.717) is 13.2 Å². The second-order valence-corrected chi connectivity index (χ2v) is 6.93. The molecule has 0 fully saturated rings. The molecule has 0 spiro atoms. The highest BCUT2D eigenvalue weighted by Crippen LogP contribution is 2.11. The molecule has 1 unspecified atom stereocenters. The number of carbonyl (C=O) groups is 1. The fourth-order valence-corrected chi connectivity index (χ4v) is 2.97. The summed E-state index contributed by atoms with van der Waals surface area (Å²) in [5.41, 5.74) is 0.744. The number of carbonyl (C=O) groups excluding carboxylic acids is 1. The summed E-state index contributed by atoms with van der Waals surface area (Å²) in [6, 6.07) is 6.27. The summed E-state index contributed by atoms with van der Waals surface area (Å²) in [5, 5.41) is 2.75. The molecule has 0 bridgehead atoms. The Labute approximate surface area is 138 Å². The van der Waals surface area contributed by atoms with Crippen molar-refractivity contribution in [3.8, 4) is 0 Å². The maximum atomic E-state index is 11.9. The molecule has 0 radical (unpaired) electrons. The average Bonchev–Trinajstić information content (AvgIpc) is 2.51. The Morgan fingerprint density at radius 2 is 1.96 bits per heavy atom. The summed E-state index contributed by atoms with van der Waals surface area (Å²) >= 11 is 0. The first-order valence-corrected chi connectivity index (χ1v) is 8.94. The lowest BCUT2D eigenvalue weighted by Gasteiger charge is -2.10. The van der Waals surface area contributed by atoms with Crippen molar-refractivity contribution in [2.24, 2.45) is 0 Å². The average molecular weight is 340 g/mol. The molecule has 1 rings (SSSR count). The lowest BCUT2D eigenvalue weighted by molar-refractivity contribution is -0.117. The summed E-state index contributed by atoms with van der Waals surface area (Å²) in [6.07, 6.45) is 3.77. The predicted octanol–water partition coefficient (Wildman–Crippen LogP) is 1.54. The van der Waals surface area contributed by atoms with Crippen molar-refractivity contribution < 1.29 is 17.9 Å². The molecule has 0 aliphatic heterocycles. The van der Waals surface area contributed by atoms with Crippen LogP contribution in [0.4, 0.5) is 0 Å². The van der Waals surface area contributed by atoms with Gasteiger partial charge in [-0.15, -0.1) is 0 Å². The van der Waals surface area contributed by atoms with Crippen LogP contribution in [0.1, 0.15) is 25.8 Å². The summed E-state index contributed by atoms with van der Waals surface area (Å²) < 4.78 is 31.3. The van der Waals surface area contributed by atoms with Gasteiger partial charge in [-0.1, -0.05) is 19.1 Å². The van der Waals surface area contributed by atoms with Crippen molar-refractivity contribution in [2.45, 2.75) is 31.2 Å². The molecule has 0 saturated heterocycles. The number of rotatable bonds is 9. The van der Waals surface area contributed by atoms with Crippen molar-refractivity contribution in [1.29, 1.82) is 0 Å². The lowest BCUT2D eigenvalue weighted by atomic mass is 10.2. The fraction of sp³-hybridized carbons (Fsp3) is 0.438. The van der Waals surface area contributed by atoms with Crippen molar-refractivity contribution in [3.63, 3.8) is 0 Å². The third-order valence-corrected chi connectivity index (χ3v) is 4.44. The molecule has 2 N–H and O–H groups in total. The molecule has 0 aliphatic carbocycles. The van der Waals surface area contributed by atoms with Crippen molar-refractivity contribution in [3.05, 3.63) is 35.9 Å². The van der Waals surface area contributed by atoms with E-state index in [0.717, 1.165) is 12.0 Å². The quantitative estimate of drug-likeness (QED) is 0.668. The van der Waals surface area contributed by atoms with Gasteiger partial charge < -0.3 is 10.1 Å². The number of ether oxygens (including phenoxy) is 1. The van der Waals surface area contributed by atoms with Gasteiger partial charge in [0, 0.05) is 25.8 Å². The highest BCUT2D eigenvalue weighted by molar-refractivity contribution is 7.89. The van der Waals surface area contributed by atoms with Gasteiger partial charge in [-0.2, -0.15) is 0 Å². The number of hydrogen-bond acceptors (Lipinski definition) is 4. The van der Waals surface area contributed by atoms with E-state index in [9.17, 15) is 13.2 Å². The Morgan fingerprint density at radius 3 is 2.52 bits per heavy atom. The number of sulfonamides is 1. The molecule has 128 valence electrons. The number of methoxy groups -OCH3 is 1. The molecule has 0 aliphatic rings. The number of nitrogens with one attached hydrogen (secondary N) is 2. The Bertz CT molecular complexity index is 624. The molecule has 1 aromatic carbocycles. The molecule has 0 aromatic heterocycles. The number of amides is 1. The van der Waals surface area contributed by atoms with Gasteiger partial charge in [0.1, 0.15) is 0 Å². The first kappa shape index (κ1) is 19.3. The first-order chi connectivity index (χ1) is 10.9. The van der Waals surface area contributed by atoms with Gasteiger partial charge in [0.2, 0.25) is 15.9 Å². The van der Waals surface area contributed by atoms with Gasteiger partial charge in [0.05, 0.1) is 11.5 Å². The maximum absolute atomic E-state index is 11.9. The van der Waals surface area contributed by atoms with Crippen LogP contribution in [0.25, 0.3) is 6.08 Å². The minimum atomic E-state index is -3.46. The summed E-state index contributed by atoms with van der Waals surface area (Å²) in [6.45, 7) is 4.59. The molecule has 1 aromatic rings. The summed E-state index contributed by atoms with van der Waals surface area (Å²) in [5.74, 6) is -0.226. The standard InChI is InChI=1S/C16H24N2O4S/c1-4-11-17-23(20,21)15-8-5-14(6-9-15)7-10-16(19)18-13(2)12-22-3/h5-10,13,17H,4,11-12H2,1-3H3,(H,18,19)/b10-7+. The normalized spacial score (nSPS) is 13.2. The molecular formula is C16H24N2O4S. The minimum Gasteiger partial charge on any atom is -0.383 e. The Balaban J connectivity index is 2.67. The van der Waals surface area contributed by atoms with Crippen LogP contribution in [0, 0.1) is 0 Å². The summed E-state index contributed by atoms with van der Waals surface area (Å²) in [7, 11) is -1.89. The van der Waals surface area contributed by atoms with Gasteiger partial charge >= 0.3 is 0 Å². The topological polar surface area (TPSA) is 84.5 Å². The third kappa shape index (κ3) is 6.94. The van der Waals surface area contributed by atoms with Crippen molar-refractivity contribution in [1.82, 2.24) is 10.0 Å². The van der Waals surface area contributed by atoms with Crippen LogP contribution in [0.15, 0.2) is 35.2 Å². The zero-order chi connectivity index (χ0) is 17.3. The van der Waals surface area contributed by atoms with Gasteiger partial charge in [0.15, 0.2) is 0 Å². The van der Waals surface area contributed by atoms with Crippen molar-refractivity contribution in [2.75, 3.05) is 20.3 Å². The zero-order valence-electron chi connectivity index (χ0n) is 13.7. The molecule has 6 nitrogen and oxygen atoms in total. The van der Waals surface area contributed by atoms with E-state index in [2.05, 4.69) is 10.0 Å². The van der Waals surface area contributed by atoms with Crippen LogP contribution in [-0.2, 0) is 19.6 Å². The summed E-state index contributed by atoms with van der Waals surface area (Å²) in [4.78, 5) is 11.9. The smallest absolute Gasteiger partial charge is 0.244 e. The number of hydrogen-bond donors (Lipinski definition) is 2. The molecule has 0 saturated carbocycles. The van der Waals surface area contributed by atoms with Gasteiger partial charge in [0.25, 0.3) is 0 Å². The largest absolute Gasteiger partial charge is 0.383 e. The molecule has 7 heteroatoms. The monoisotopic (exact) mass is 340 g/mol. The van der Waals surface area contributed by atoms with Crippen LogP contribution in [0.3, 0.4) is 0 Å². The second-order valence-electron chi connectivity index (χ2n) is 5.17. The molecule has 1 amide bonds. The Kier molecular flexibility index (Phi) is 7.94. The van der Waals surface area contributed by atoms with E-state index in [-0.39, 0.29) is 16.8 Å². The molecule has 0 heterocycles.